The summed E-state index contributed by atoms with van der Waals surface area (Å²) >= 11 is 0. The lowest BCUT2D eigenvalue weighted by atomic mass is 10.3. The van der Waals surface area contributed by atoms with Crippen LogP contribution in [0, 0.1) is 23.3 Å². The molecular formula is C32H55F4NO11. The minimum atomic E-state index is -1.56. The smallest absolute Gasteiger partial charge is 0.203 e. The van der Waals surface area contributed by atoms with Crippen LogP contribution in [0.4, 0.5) is 17.6 Å². The van der Waals surface area contributed by atoms with Crippen molar-refractivity contribution in [3.63, 3.8) is 0 Å². The highest BCUT2D eigenvalue weighted by molar-refractivity contribution is 5.28. The van der Waals surface area contributed by atoms with E-state index in [1.54, 1.807) is 0 Å². The molecule has 0 aliphatic heterocycles. The molecule has 1 aromatic carbocycles. The van der Waals surface area contributed by atoms with Crippen LogP contribution in [-0.2, 0) is 47.4 Å². The minimum Gasteiger partial charge on any atom is -0.486 e. The zero-order chi connectivity index (χ0) is 34.8. The van der Waals surface area contributed by atoms with E-state index in [2.05, 4.69) is 12.2 Å². The number of benzene rings is 1. The van der Waals surface area contributed by atoms with Gasteiger partial charge in [0, 0.05) is 25.8 Å². The molecular weight excluding hydrogens is 650 g/mol. The summed E-state index contributed by atoms with van der Waals surface area (Å²) in [7, 11) is 0. The van der Waals surface area contributed by atoms with Gasteiger partial charge in [-0.15, -0.1) is 0 Å². The van der Waals surface area contributed by atoms with Crippen LogP contribution in [0.5, 0.6) is 5.75 Å². The van der Waals surface area contributed by atoms with Crippen LogP contribution in [0.1, 0.15) is 19.8 Å². The fourth-order valence-electron chi connectivity index (χ4n) is 3.55. The molecule has 282 valence electrons. The Morgan fingerprint density at radius 3 is 1.06 bits per heavy atom. The monoisotopic (exact) mass is 705 g/mol. The van der Waals surface area contributed by atoms with Crippen molar-refractivity contribution in [3.05, 3.63) is 29.3 Å². The second kappa shape index (κ2) is 33.8. The van der Waals surface area contributed by atoms with E-state index < -0.39 is 29.0 Å². The van der Waals surface area contributed by atoms with Gasteiger partial charge in [-0.05, 0) is 19.4 Å². The summed E-state index contributed by atoms with van der Waals surface area (Å²) in [4.78, 5) is 0. The summed E-state index contributed by atoms with van der Waals surface area (Å²) in [6.07, 6.45) is 1.69. The first-order chi connectivity index (χ1) is 23.6. The Morgan fingerprint density at radius 2 is 0.729 bits per heavy atom. The largest absolute Gasteiger partial charge is 0.486 e. The van der Waals surface area contributed by atoms with Gasteiger partial charge in [0.15, 0.2) is 17.4 Å². The van der Waals surface area contributed by atoms with Gasteiger partial charge in [-0.25, -0.2) is 8.78 Å². The molecule has 12 nitrogen and oxygen atoms in total. The van der Waals surface area contributed by atoms with E-state index in [0.717, 1.165) is 13.0 Å². The Morgan fingerprint density at radius 1 is 0.417 bits per heavy atom. The summed E-state index contributed by atoms with van der Waals surface area (Å²) in [5, 5.41) is 2.98. The van der Waals surface area contributed by atoms with Crippen molar-refractivity contribution in [1.82, 2.24) is 5.32 Å². The van der Waals surface area contributed by atoms with Gasteiger partial charge in [-0.3, -0.25) is 0 Å². The average Bonchev–Trinajstić information content (AvgIpc) is 3.08. The molecule has 16 heteroatoms. The Hall–Kier alpha value is -1.70. The standard InChI is InChI=1S/C32H55F4NO11/c1-2-6-38-9-11-40-13-15-42-17-19-44-21-23-46-25-26-47-24-22-45-20-18-43-16-14-41-12-10-39-7-3-4-37-5-8-48-32-30(35)28(33)27-29(34)31(32)36/h27,37H,2-26H2,1H3. The van der Waals surface area contributed by atoms with Gasteiger partial charge in [-0.1, -0.05) is 6.92 Å². The van der Waals surface area contributed by atoms with Crippen molar-refractivity contribution < 1.29 is 69.7 Å². The Bertz CT molecular complexity index is 839. The quantitative estimate of drug-likeness (QED) is 0.0624. The highest BCUT2D eigenvalue weighted by Crippen LogP contribution is 2.26. The lowest BCUT2D eigenvalue weighted by molar-refractivity contribution is -0.0264. The molecule has 0 saturated heterocycles. The van der Waals surface area contributed by atoms with Crippen molar-refractivity contribution in [2.24, 2.45) is 0 Å². The Labute approximate surface area is 281 Å². The summed E-state index contributed by atoms with van der Waals surface area (Å²) < 4.78 is 112. The molecule has 0 fully saturated rings. The molecule has 0 unspecified atom stereocenters. The lowest BCUT2D eigenvalue weighted by Crippen LogP contribution is -2.23. The normalized spacial score (nSPS) is 11.5. The minimum absolute atomic E-state index is 0.135. The number of hydrogen-bond acceptors (Lipinski definition) is 12. The Balaban J connectivity index is 1.68. The van der Waals surface area contributed by atoms with Crippen LogP contribution in [0.3, 0.4) is 0 Å². The molecule has 0 aliphatic carbocycles. The van der Waals surface area contributed by atoms with Gasteiger partial charge in [-0.2, -0.15) is 8.78 Å². The molecule has 0 saturated carbocycles. The van der Waals surface area contributed by atoms with Crippen molar-refractivity contribution in [3.8, 4) is 5.75 Å². The summed E-state index contributed by atoms with van der Waals surface area (Å²) in [5.74, 6) is -7.19. The van der Waals surface area contributed by atoms with Gasteiger partial charge >= 0.3 is 0 Å². The first kappa shape index (κ1) is 44.3. The number of ether oxygens (including phenoxy) is 11. The molecule has 0 radical (unpaired) electrons. The highest BCUT2D eigenvalue weighted by atomic mass is 19.2. The molecule has 0 aliphatic rings. The van der Waals surface area contributed by atoms with E-state index >= 15 is 0 Å². The van der Waals surface area contributed by atoms with E-state index in [9.17, 15) is 17.6 Å². The molecule has 1 aromatic rings. The summed E-state index contributed by atoms with van der Waals surface area (Å²) in [6, 6.07) is 0.135. The molecule has 0 aromatic heterocycles. The van der Waals surface area contributed by atoms with Crippen LogP contribution >= 0.6 is 0 Å². The van der Waals surface area contributed by atoms with E-state index in [4.69, 9.17) is 52.1 Å². The van der Waals surface area contributed by atoms with E-state index in [-0.39, 0.29) is 19.2 Å². The number of halogens is 4. The predicted molar refractivity (Wildman–Crippen MR) is 168 cm³/mol. The summed E-state index contributed by atoms with van der Waals surface area (Å²) in [6.45, 7) is 12.8. The van der Waals surface area contributed by atoms with Crippen molar-refractivity contribution in [2.75, 3.05) is 152 Å². The van der Waals surface area contributed by atoms with Crippen LogP contribution in [0.15, 0.2) is 6.07 Å². The Kier molecular flexibility index (Phi) is 31.2. The topological polar surface area (TPSA) is 114 Å². The molecule has 1 rings (SSSR count). The molecule has 0 heterocycles. The fraction of sp³-hybridized carbons (Fsp3) is 0.812. The second-order valence-electron chi connectivity index (χ2n) is 9.87. The maximum atomic E-state index is 13.5. The fourth-order valence-corrected chi connectivity index (χ4v) is 3.55. The molecule has 48 heavy (non-hydrogen) atoms. The highest BCUT2D eigenvalue weighted by Gasteiger charge is 2.20. The maximum absolute atomic E-state index is 13.5. The van der Waals surface area contributed by atoms with Crippen LogP contribution in [0.2, 0.25) is 0 Å². The van der Waals surface area contributed by atoms with Gasteiger partial charge in [0.05, 0.1) is 119 Å². The van der Waals surface area contributed by atoms with Gasteiger partial charge < -0.3 is 57.4 Å². The van der Waals surface area contributed by atoms with Crippen molar-refractivity contribution in [1.29, 1.82) is 0 Å². The molecule has 0 bridgehead atoms. The van der Waals surface area contributed by atoms with E-state index in [1.807, 2.05) is 0 Å². The lowest BCUT2D eigenvalue weighted by Gasteiger charge is -2.10. The van der Waals surface area contributed by atoms with E-state index in [0.29, 0.717) is 138 Å². The van der Waals surface area contributed by atoms with Crippen molar-refractivity contribution in [2.45, 2.75) is 19.8 Å². The van der Waals surface area contributed by atoms with Crippen LogP contribution < -0.4 is 10.1 Å². The summed E-state index contributed by atoms with van der Waals surface area (Å²) in [5.41, 5.74) is 0. The zero-order valence-electron chi connectivity index (χ0n) is 28.3. The third kappa shape index (κ3) is 26.2. The second-order valence-corrected chi connectivity index (χ2v) is 9.87. The molecule has 0 amide bonds. The average molecular weight is 706 g/mol. The third-order valence-electron chi connectivity index (χ3n) is 5.94. The molecule has 0 spiro atoms. The number of hydrogen-bond donors (Lipinski definition) is 1. The predicted octanol–water partition coefficient (Wildman–Crippen LogP) is 3.18. The first-order valence-electron chi connectivity index (χ1n) is 16.5. The van der Waals surface area contributed by atoms with Gasteiger partial charge in [0.1, 0.15) is 6.61 Å². The third-order valence-corrected chi connectivity index (χ3v) is 5.94. The van der Waals surface area contributed by atoms with E-state index in [1.165, 1.54) is 0 Å². The van der Waals surface area contributed by atoms with Crippen LogP contribution in [0.25, 0.3) is 0 Å². The van der Waals surface area contributed by atoms with Gasteiger partial charge in [0.2, 0.25) is 11.6 Å². The van der Waals surface area contributed by atoms with Crippen LogP contribution in [-0.4, -0.2) is 152 Å². The SMILES string of the molecule is CCCOCCOCCOCCOCCOCCOCCOCCOCCOCCOCCCNCCOc1c(F)c(F)cc(F)c1F. The number of nitrogens with one attached hydrogen (secondary N) is 1. The maximum Gasteiger partial charge on any atom is 0.203 e. The first-order valence-corrected chi connectivity index (χ1v) is 16.5. The number of rotatable bonds is 37. The molecule has 0 atom stereocenters. The zero-order valence-corrected chi connectivity index (χ0v) is 28.3. The van der Waals surface area contributed by atoms with Gasteiger partial charge in [0.25, 0.3) is 0 Å². The molecule has 1 N–H and O–H groups in total. The van der Waals surface area contributed by atoms with Crippen molar-refractivity contribution >= 4 is 0 Å².